The third-order valence-electron chi connectivity index (χ3n) is 13.4. The Morgan fingerprint density at radius 1 is 0.944 bits per heavy atom. The number of rotatable bonds is 19. The van der Waals surface area contributed by atoms with Crippen LogP contribution in [0.5, 0.6) is 11.5 Å². The molecule has 5 N–H and O–H groups in total. The molecule has 0 spiro atoms. The zero-order chi connectivity index (χ0) is 50.4. The maximum absolute atomic E-state index is 14.0. The van der Waals surface area contributed by atoms with Gasteiger partial charge in [0.1, 0.15) is 42.6 Å². The molecule has 4 heterocycles. The van der Waals surface area contributed by atoms with Gasteiger partial charge in [0.25, 0.3) is 5.91 Å². The van der Waals surface area contributed by atoms with E-state index < -0.39 is 60.4 Å². The molecule has 8 rings (SSSR count). The SMILES string of the molecule is COc1cc(C(=O)N[C@@H]2CCc3ccc(-c4cn5c(n4)CCC5)cc32)cc(OCCCNC(=O)COCC(=O)N[C@H](C(=O)N2C[C@H](O)C[C@H]2C(=O)NCc2ccc(-c3scnc3C)cc2)C(C)(C)C)c1C. The maximum atomic E-state index is 14.0. The van der Waals surface area contributed by atoms with Crippen LogP contribution in [0.25, 0.3) is 21.7 Å². The minimum Gasteiger partial charge on any atom is -0.496 e. The lowest BCUT2D eigenvalue weighted by molar-refractivity contribution is -0.145. The van der Waals surface area contributed by atoms with E-state index in [0.29, 0.717) is 23.5 Å². The van der Waals surface area contributed by atoms with Gasteiger partial charge in [-0.25, -0.2) is 9.97 Å². The summed E-state index contributed by atoms with van der Waals surface area (Å²) in [5.74, 6) is -0.0937. The number of aryl methyl sites for hydroxylation is 4. The van der Waals surface area contributed by atoms with Crippen molar-refractivity contribution in [2.75, 3.05) is 40.0 Å². The first kappa shape index (κ1) is 50.7. The molecular weight excluding hydrogens is 925 g/mol. The summed E-state index contributed by atoms with van der Waals surface area (Å²) < 4.78 is 19.4. The molecule has 71 heavy (non-hydrogen) atoms. The van der Waals surface area contributed by atoms with E-state index in [1.807, 2.05) is 38.1 Å². The van der Waals surface area contributed by atoms with Gasteiger partial charge in [0, 0.05) is 61.9 Å². The van der Waals surface area contributed by atoms with Crippen LogP contribution in [0.1, 0.15) is 96.6 Å². The van der Waals surface area contributed by atoms with Crippen molar-refractivity contribution in [3.63, 3.8) is 0 Å². The Morgan fingerprint density at radius 3 is 2.44 bits per heavy atom. The monoisotopic (exact) mass is 988 g/mol. The summed E-state index contributed by atoms with van der Waals surface area (Å²) >= 11 is 1.56. The molecule has 5 amide bonds. The van der Waals surface area contributed by atoms with Gasteiger partial charge in [0.2, 0.25) is 23.6 Å². The summed E-state index contributed by atoms with van der Waals surface area (Å²) in [6.45, 7) is 9.93. The fourth-order valence-corrected chi connectivity index (χ4v) is 10.3. The number of hydrogen-bond donors (Lipinski definition) is 5. The summed E-state index contributed by atoms with van der Waals surface area (Å²) in [7, 11) is 1.55. The number of aliphatic hydroxyl groups excluding tert-OH is 1. The normalized spacial score (nSPS) is 17.6. The number of ether oxygens (including phenoxy) is 3. The Morgan fingerprint density at radius 2 is 1.70 bits per heavy atom. The molecule has 1 aliphatic carbocycles. The molecule has 5 aromatic rings. The van der Waals surface area contributed by atoms with E-state index >= 15 is 0 Å². The fourth-order valence-electron chi connectivity index (χ4n) is 9.45. The summed E-state index contributed by atoms with van der Waals surface area (Å²) in [5.41, 5.74) is 9.34. The van der Waals surface area contributed by atoms with Crippen LogP contribution < -0.4 is 30.7 Å². The molecule has 0 unspecified atom stereocenters. The Balaban J connectivity index is 0.764. The average molecular weight is 989 g/mol. The molecule has 1 saturated heterocycles. The van der Waals surface area contributed by atoms with E-state index in [-0.39, 0.29) is 44.6 Å². The smallest absolute Gasteiger partial charge is 0.252 e. The third-order valence-corrected chi connectivity index (χ3v) is 14.3. The zero-order valence-electron chi connectivity index (χ0n) is 41.3. The first-order chi connectivity index (χ1) is 34.1. The van der Waals surface area contributed by atoms with Gasteiger partial charge in [-0.2, -0.15) is 0 Å². The summed E-state index contributed by atoms with van der Waals surface area (Å²) in [6.07, 6.45) is 5.48. The molecule has 3 aliphatic rings. The molecule has 0 saturated carbocycles. The van der Waals surface area contributed by atoms with Gasteiger partial charge >= 0.3 is 0 Å². The number of fused-ring (bicyclic) bond motifs is 2. The molecule has 0 bridgehead atoms. The van der Waals surface area contributed by atoms with E-state index in [1.165, 1.54) is 10.5 Å². The highest BCUT2D eigenvalue weighted by Gasteiger charge is 2.44. The van der Waals surface area contributed by atoms with Crippen LogP contribution in [0.2, 0.25) is 0 Å². The van der Waals surface area contributed by atoms with Gasteiger partial charge in [0.05, 0.1) is 47.6 Å². The van der Waals surface area contributed by atoms with E-state index in [0.717, 1.165) is 82.1 Å². The number of carbonyl (C=O) groups is 5. The van der Waals surface area contributed by atoms with Crippen molar-refractivity contribution >= 4 is 40.9 Å². The number of nitrogens with one attached hydrogen (secondary N) is 4. The fraction of sp³-hybridized carbons (Fsp3) is 0.453. The largest absolute Gasteiger partial charge is 0.496 e. The number of likely N-dealkylation sites (tertiary alicyclic amines) is 1. The summed E-state index contributed by atoms with van der Waals surface area (Å²) in [5, 5.41) is 22.2. The number of carbonyl (C=O) groups excluding carboxylic acids is 5. The second kappa shape index (κ2) is 22.2. The molecule has 376 valence electrons. The van der Waals surface area contributed by atoms with Crippen molar-refractivity contribution in [2.45, 2.75) is 110 Å². The molecular formula is C53H64N8O9S. The topological polar surface area (TPSA) is 215 Å². The number of amides is 5. The van der Waals surface area contributed by atoms with Crippen LogP contribution >= 0.6 is 11.3 Å². The number of β-amino-alcohol motifs (C(OH)–C–C–N with tert-alkyl or cyclic N) is 1. The Labute approximate surface area is 418 Å². The number of hydrogen-bond acceptors (Lipinski definition) is 12. The Bertz CT molecular complexity index is 2740. The lowest BCUT2D eigenvalue weighted by atomic mass is 9.85. The van der Waals surface area contributed by atoms with E-state index in [4.69, 9.17) is 19.2 Å². The van der Waals surface area contributed by atoms with Gasteiger partial charge in [0.15, 0.2) is 0 Å². The van der Waals surface area contributed by atoms with Gasteiger partial charge in [-0.1, -0.05) is 57.2 Å². The van der Waals surface area contributed by atoms with Crippen molar-refractivity contribution in [3.05, 3.63) is 106 Å². The second-order valence-corrected chi connectivity index (χ2v) is 20.5. The van der Waals surface area contributed by atoms with Crippen LogP contribution in [-0.2, 0) is 49.8 Å². The van der Waals surface area contributed by atoms with Crippen molar-refractivity contribution in [1.82, 2.24) is 40.7 Å². The molecule has 18 heteroatoms. The quantitative estimate of drug-likeness (QED) is 0.0663. The van der Waals surface area contributed by atoms with Crippen molar-refractivity contribution in [3.8, 4) is 33.2 Å². The van der Waals surface area contributed by atoms with E-state index in [2.05, 4.69) is 55.2 Å². The summed E-state index contributed by atoms with van der Waals surface area (Å²) in [6, 6.07) is 15.5. The first-order valence-electron chi connectivity index (χ1n) is 24.3. The van der Waals surface area contributed by atoms with Gasteiger partial charge in [-0.05, 0) is 85.4 Å². The minimum absolute atomic E-state index is 0.0593. The van der Waals surface area contributed by atoms with Crippen molar-refractivity contribution in [1.29, 1.82) is 0 Å². The number of imidazole rings is 1. The number of methoxy groups -OCH3 is 1. The molecule has 4 atom stereocenters. The van der Waals surface area contributed by atoms with Crippen LogP contribution in [0.3, 0.4) is 0 Å². The van der Waals surface area contributed by atoms with Gasteiger partial charge in [-0.3, -0.25) is 24.0 Å². The number of aromatic nitrogens is 3. The van der Waals surface area contributed by atoms with Crippen molar-refractivity contribution in [2.24, 2.45) is 5.41 Å². The average Bonchev–Trinajstić information content (AvgIpc) is 4.20. The number of benzene rings is 3. The predicted octanol–water partition coefficient (Wildman–Crippen LogP) is 5.37. The number of aliphatic hydroxyl groups is 1. The maximum Gasteiger partial charge on any atom is 0.252 e. The van der Waals surface area contributed by atoms with Crippen LogP contribution in [-0.4, -0.2) is 112 Å². The second-order valence-electron chi connectivity index (χ2n) is 19.6. The lowest BCUT2D eigenvalue weighted by Gasteiger charge is -2.35. The highest BCUT2D eigenvalue weighted by Crippen LogP contribution is 2.36. The minimum atomic E-state index is -1.05. The van der Waals surface area contributed by atoms with Gasteiger partial charge in [-0.15, -0.1) is 11.3 Å². The van der Waals surface area contributed by atoms with Crippen LogP contribution in [0.4, 0.5) is 0 Å². The van der Waals surface area contributed by atoms with E-state index in [1.54, 1.807) is 56.9 Å². The van der Waals surface area contributed by atoms with Crippen LogP contribution in [0.15, 0.2) is 66.3 Å². The highest BCUT2D eigenvalue weighted by atomic mass is 32.1. The van der Waals surface area contributed by atoms with Crippen LogP contribution in [0, 0.1) is 19.3 Å². The van der Waals surface area contributed by atoms with Crippen molar-refractivity contribution < 1.29 is 43.3 Å². The van der Waals surface area contributed by atoms with E-state index in [9.17, 15) is 29.1 Å². The summed E-state index contributed by atoms with van der Waals surface area (Å²) in [4.78, 5) is 78.6. The molecule has 1 fully saturated rings. The molecule has 2 aliphatic heterocycles. The highest BCUT2D eigenvalue weighted by molar-refractivity contribution is 7.13. The molecule has 3 aromatic carbocycles. The predicted molar refractivity (Wildman–Crippen MR) is 268 cm³/mol. The number of thiazole rings is 1. The molecule has 17 nitrogen and oxygen atoms in total. The zero-order valence-corrected chi connectivity index (χ0v) is 42.1. The number of nitrogens with zero attached hydrogens (tertiary/aromatic N) is 4. The van der Waals surface area contributed by atoms with Gasteiger partial charge < -0.3 is 50.1 Å². The molecule has 2 aromatic heterocycles. The Kier molecular flexibility index (Phi) is 15.9. The third kappa shape index (κ3) is 12.1. The Hall–Kier alpha value is -6.63. The first-order valence-corrected chi connectivity index (χ1v) is 25.1. The molecule has 0 radical (unpaired) electrons. The lowest BCUT2D eigenvalue weighted by Crippen LogP contribution is -2.58. The standard InChI is InChI=1S/C53H64N8O9S/c1-31-43(68-6)22-37(50(65)58-40-17-16-34-14-15-36(21-39(34)40)41-27-60-19-7-9-45(60)57-41)23-44(31)70-20-8-18-54-46(63)28-69-29-47(64)59-49(53(3,4)5)52(67)61-26-38(62)24-42(61)51(66)55-25-33-10-12-35(13-11-33)48-32(2)56-30-71-48/h10-15,21-23,27,30,38,40,42,49,62H,7-9,16-20,24-26,28-29H2,1-6H3,(H,54,63)(H,55,66)(H,58,65)(H,59,64)/t38-,40-,42+,49-/m1/s1.